The Labute approximate surface area is 112 Å². The van der Waals surface area contributed by atoms with Crippen LogP contribution >= 0.6 is 0 Å². The Morgan fingerprint density at radius 3 is 2.00 bits per heavy atom. The molecular formula is C16H30O2. The summed E-state index contributed by atoms with van der Waals surface area (Å²) in [6, 6.07) is 0. The molecule has 0 aromatic heterocycles. The van der Waals surface area contributed by atoms with Gasteiger partial charge in [-0.3, -0.25) is 4.79 Å². The summed E-state index contributed by atoms with van der Waals surface area (Å²) < 4.78 is 4.62. The van der Waals surface area contributed by atoms with E-state index >= 15 is 0 Å². The summed E-state index contributed by atoms with van der Waals surface area (Å²) in [4.78, 5) is 10.9. The zero-order valence-corrected chi connectivity index (χ0v) is 12.2. The van der Waals surface area contributed by atoms with Crippen LogP contribution in [-0.4, -0.2) is 13.1 Å². The molecule has 1 aliphatic rings. The van der Waals surface area contributed by atoms with Gasteiger partial charge in [-0.1, -0.05) is 58.3 Å². The van der Waals surface area contributed by atoms with Crippen LogP contribution in [0, 0.1) is 11.8 Å². The summed E-state index contributed by atoms with van der Waals surface area (Å²) in [6.45, 7) is 2.37. The van der Waals surface area contributed by atoms with Crippen LogP contribution < -0.4 is 0 Å². The quantitative estimate of drug-likeness (QED) is 0.394. The first-order valence-corrected chi connectivity index (χ1v) is 7.81. The van der Waals surface area contributed by atoms with Crippen molar-refractivity contribution in [3.8, 4) is 0 Å². The first kappa shape index (κ1) is 15.5. The summed E-state index contributed by atoms with van der Waals surface area (Å²) in [6.07, 6.45) is 14.0. The van der Waals surface area contributed by atoms with Gasteiger partial charge < -0.3 is 4.74 Å². The molecule has 1 rings (SSSR count). The van der Waals surface area contributed by atoms with Gasteiger partial charge in [0.15, 0.2) is 0 Å². The average molecular weight is 254 g/mol. The largest absolute Gasteiger partial charge is 0.469 e. The number of hydrogen-bond acceptors (Lipinski definition) is 2. The van der Waals surface area contributed by atoms with E-state index in [-0.39, 0.29) is 5.97 Å². The molecule has 0 radical (unpaired) electrons. The number of esters is 1. The van der Waals surface area contributed by atoms with Gasteiger partial charge >= 0.3 is 5.97 Å². The van der Waals surface area contributed by atoms with Crippen LogP contribution in [0.4, 0.5) is 0 Å². The summed E-state index contributed by atoms with van der Waals surface area (Å²) in [5.41, 5.74) is 0. The Bertz CT molecular complexity index is 225. The van der Waals surface area contributed by atoms with E-state index in [1.807, 2.05) is 0 Å². The molecular weight excluding hydrogens is 224 g/mol. The predicted octanol–water partition coefficient (Wildman–Crippen LogP) is 4.72. The normalized spacial score (nSPS) is 21.9. The number of hydrogen-bond donors (Lipinski definition) is 0. The first-order chi connectivity index (χ1) is 8.74. The van der Waals surface area contributed by atoms with Gasteiger partial charge in [-0.05, 0) is 24.7 Å². The topological polar surface area (TPSA) is 26.3 Å². The summed E-state index contributed by atoms with van der Waals surface area (Å²) in [5, 5.41) is 0. The molecule has 0 spiro atoms. The molecule has 0 bridgehead atoms. The molecule has 0 amide bonds. The Balaban J connectivity index is 1.69. The van der Waals surface area contributed by atoms with Crippen LogP contribution in [-0.2, 0) is 9.53 Å². The highest BCUT2D eigenvalue weighted by Gasteiger charge is 2.31. The Morgan fingerprint density at radius 1 is 1.00 bits per heavy atom. The van der Waals surface area contributed by atoms with Crippen LogP contribution in [0.15, 0.2) is 0 Å². The van der Waals surface area contributed by atoms with Crippen molar-refractivity contribution in [3.63, 3.8) is 0 Å². The number of unbranched alkanes of at least 4 members (excludes halogenated alkanes) is 7. The molecule has 1 fully saturated rings. The lowest BCUT2D eigenvalue weighted by Crippen LogP contribution is -1.99. The number of carbonyl (C=O) groups excluding carboxylic acids is 1. The lowest BCUT2D eigenvalue weighted by Gasteiger charge is -2.02. The predicted molar refractivity (Wildman–Crippen MR) is 75.5 cm³/mol. The van der Waals surface area contributed by atoms with Gasteiger partial charge in [0.05, 0.1) is 7.11 Å². The van der Waals surface area contributed by atoms with Crippen LogP contribution in [0.1, 0.15) is 77.6 Å². The molecule has 0 aromatic carbocycles. The fourth-order valence-corrected chi connectivity index (χ4v) is 2.64. The third kappa shape index (κ3) is 7.73. The van der Waals surface area contributed by atoms with E-state index in [4.69, 9.17) is 0 Å². The SMILES string of the molecule is COC(=O)CCCCCCCCCC[C@@H]1C[C@@H]1C. The minimum Gasteiger partial charge on any atom is -0.469 e. The van der Waals surface area contributed by atoms with E-state index < -0.39 is 0 Å². The number of ether oxygens (including phenoxy) is 1. The molecule has 2 heteroatoms. The lowest BCUT2D eigenvalue weighted by atomic mass is 10.0. The second-order valence-corrected chi connectivity index (χ2v) is 5.92. The van der Waals surface area contributed by atoms with Crippen molar-refractivity contribution in [2.75, 3.05) is 7.11 Å². The molecule has 0 N–H and O–H groups in total. The highest BCUT2D eigenvalue weighted by Crippen LogP contribution is 2.41. The Hall–Kier alpha value is -0.530. The monoisotopic (exact) mass is 254 g/mol. The third-order valence-electron chi connectivity index (χ3n) is 4.21. The summed E-state index contributed by atoms with van der Waals surface area (Å²) in [7, 11) is 1.46. The van der Waals surface area contributed by atoms with Gasteiger partial charge in [0.2, 0.25) is 0 Å². The van der Waals surface area contributed by atoms with Crippen LogP contribution in [0.25, 0.3) is 0 Å². The van der Waals surface area contributed by atoms with Crippen molar-refractivity contribution in [1.82, 2.24) is 0 Å². The summed E-state index contributed by atoms with van der Waals surface area (Å²) in [5.74, 6) is 2.03. The molecule has 2 atom stereocenters. The van der Waals surface area contributed by atoms with E-state index in [1.54, 1.807) is 0 Å². The Kier molecular flexibility index (Phi) is 8.11. The van der Waals surface area contributed by atoms with E-state index in [0.29, 0.717) is 6.42 Å². The fraction of sp³-hybridized carbons (Fsp3) is 0.938. The van der Waals surface area contributed by atoms with Crippen molar-refractivity contribution >= 4 is 5.97 Å². The van der Waals surface area contributed by atoms with Gasteiger partial charge in [0.1, 0.15) is 0 Å². The second kappa shape index (κ2) is 9.41. The van der Waals surface area contributed by atoms with Crippen LogP contribution in [0.2, 0.25) is 0 Å². The van der Waals surface area contributed by atoms with E-state index in [0.717, 1.165) is 18.3 Å². The average Bonchev–Trinajstić information content (AvgIpc) is 3.07. The molecule has 1 aliphatic carbocycles. The van der Waals surface area contributed by atoms with Crippen molar-refractivity contribution in [2.45, 2.75) is 77.6 Å². The maximum absolute atomic E-state index is 10.9. The summed E-state index contributed by atoms with van der Waals surface area (Å²) >= 11 is 0. The molecule has 0 aliphatic heterocycles. The van der Waals surface area contributed by atoms with Crippen molar-refractivity contribution in [2.24, 2.45) is 11.8 Å². The first-order valence-electron chi connectivity index (χ1n) is 7.81. The number of carbonyl (C=O) groups is 1. The molecule has 106 valence electrons. The van der Waals surface area contributed by atoms with E-state index in [9.17, 15) is 4.79 Å². The number of methoxy groups -OCH3 is 1. The molecule has 2 nitrogen and oxygen atoms in total. The number of rotatable bonds is 11. The molecule has 0 heterocycles. The zero-order chi connectivity index (χ0) is 13.2. The van der Waals surface area contributed by atoms with Gasteiger partial charge in [-0.2, -0.15) is 0 Å². The molecule has 1 saturated carbocycles. The minimum absolute atomic E-state index is 0.0655. The molecule has 18 heavy (non-hydrogen) atoms. The van der Waals surface area contributed by atoms with Crippen molar-refractivity contribution < 1.29 is 9.53 Å². The third-order valence-corrected chi connectivity index (χ3v) is 4.21. The maximum atomic E-state index is 10.9. The standard InChI is InChI=1S/C16H30O2/c1-14-13-15(14)11-9-7-5-3-4-6-8-10-12-16(17)18-2/h14-15H,3-13H2,1-2H3/t14-,15+/m0/s1. The van der Waals surface area contributed by atoms with Crippen LogP contribution in [0.5, 0.6) is 0 Å². The Morgan fingerprint density at radius 2 is 1.50 bits per heavy atom. The van der Waals surface area contributed by atoms with Crippen molar-refractivity contribution in [3.05, 3.63) is 0 Å². The van der Waals surface area contributed by atoms with Gasteiger partial charge in [0, 0.05) is 6.42 Å². The van der Waals surface area contributed by atoms with Crippen molar-refractivity contribution in [1.29, 1.82) is 0 Å². The lowest BCUT2D eigenvalue weighted by molar-refractivity contribution is -0.140. The highest BCUT2D eigenvalue weighted by molar-refractivity contribution is 5.68. The maximum Gasteiger partial charge on any atom is 0.305 e. The van der Waals surface area contributed by atoms with Crippen LogP contribution in [0.3, 0.4) is 0 Å². The second-order valence-electron chi connectivity index (χ2n) is 5.92. The minimum atomic E-state index is -0.0655. The van der Waals surface area contributed by atoms with Gasteiger partial charge in [-0.15, -0.1) is 0 Å². The molecule has 0 unspecified atom stereocenters. The zero-order valence-electron chi connectivity index (χ0n) is 12.2. The molecule has 0 saturated heterocycles. The van der Waals surface area contributed by atoms with Gasteiger partial charge in [-0.25, -0.2) is 0 Å². The van der Waals surface area contributed by atoms with E-state index in [2.05, 4.69) is 11.7 Å². The van der Waals surface area contributed by atoms with E-state index in [1.165, 1.54) is 64.9 Å². The highest BCUT2D eigenvalue weighted by atomic mass is 16.5. The smallest absolute Gasteiger partial charge is 0.305 e. The fourth-order valence-electron chi connectivity index (χ4n) is 2.64. The van der Waals surface area contributed by atoms with Gasteiger partial charge in [0.25, 0.3) is 0 Å². The molecule has 0 aromatic rings.